The third-order valence-electron chi connectivity index (χ3n) is 2.84. The van der Waals surface area contributed by atoms with Crippen LogP contribution in [-0.4, -0.2) is 44.6 Å². The van der Waals surface area contributed by atoms with Gasteiger partial charge >= 0.3 is 11.9 Å². The molecule has 0 radical (unpaired) electrons. The van der Waals surface area contributed by atoms with Crippen molar-refractivity contribution in [2.75, 3.05) is 18.1 Å². The van der Waals surface area contributed by atoms with E-state index < -0.39 is 34.5 Å². The van der Waals surface area contributed by atoms with E-state index in [4.69, 9.17) is 9.47 Å². The van der Waals surface area contributed by atoms with Gasteiger partial charge in [0.1, 0.15) is 6.10 Å². The zero-order valence-corrected chi connectivity index (χ0v) is 11.4. The van der Waals surface area contributed by atoms with Crippen molar-refractivity contribution in [3.63, 3.8) is 0 Å². The van der Waals surface area contributed by atoms with Crippen molar-refractivity contribution in [3.8, 4) is 0 Å². The van der Waals surface area contributed by atoms with E-state index in [-0.39, 0.29) is 17.4 Å². The van der Waals surface area contributed by atoms with Crippen LogP contribution in [0.15, 0.2) is 0 Å². The molecule has 2 atom stereocenters. The Hall–Kier alpha value is -1.11. The molecular weight excluding hydrogens is 260 g/mol. The quantitative estimate of drug-likeness (QED) is 0.672. The van der Waals surface area contributed by atoms with Crippen LogP contribution in [0.1, 0.15) is 26.7 Å². The monoisotopic (exact) mass is 278 g/mol. The molecule has 7 heteroatoms. The number of carbonyl (C=O) groups is 2. The van der Waals surface area contributed by atoms with Crippen LogP contribution >= 0.6 is 0 Å². The molecule has 1 rings (SSSR count). The average Bonchev–Trinajstić information content (AvgIpc) is 2.64. The van der Waals surface area contributed by atoms with Crippen LogP contribution in [0.5, 0.6) is 0 Å². The number of hydrogen-bond donors (Lipinski definition) is 0. The van der Waals surface area contributed by atoms with Gasteiger partial charge in [-0.25, -0.2) is 13.2 Å². The molecule has 0 aromatic carbocycles. The SMILES string of the molecule is CCC(C)C(=O)OCC(=O)OC1CCS(=O)(=O)C1. The fourth-order valence-electron chi connectivity index (χ4n) is 1.51. The normalized spacial score (nSPS) is 23.3. The van der Waals surface area contributed by atoms with E-state index in [0.717, 1.165) is 0 Å². The Kier molecular flexibility index (Phi) is 5.13. The van der Waals surface area contributed by atoms with Gasteiger partial charge in [0.15, 0.2) is 16.4 Å². The maximum absolute atomic E-state index is 11.3. The van der Waals surface area contributed by atoms with Crippen molar-refractivity contribution in [3.05, 3.63) is 0 Å². The van der Waals surface area contributed by atoms with Crippen LogP contribution in [-0.2, 0) is 28.9 Å². The number of ether oxygens (including phenoxy) is 2. The molecular formula is C11H18O6S. The number of rotatable bonds is 5. The highest BCUT2D eigenvalue weighted by atomic mass is 32.2. The minimum absolute atomic E-state index is 0.0393. The molecule has 0 saturated carbocycles. The van der Waals surface area contributed by atoms with Gasteiger partial charge in [-0.05, 0) is 12.8 Å². The van der Waals surface area contributed by atoms with Gasteiger partial charge in [0.05, 0.1) is 17.4 Å². The number of carbonyl (C=O) groups excluding carboxylic acids is 2. The maximum Gasteiger partial charge on any atom is 0.344 e. The zero-order valence-electron chi connectivity index (χ0n) is 10.5. The standard InChI is InChI=1S/C11H18O6S/c1-3-8(2)11(13)16-6-10(12)17-9-4-5-18(14,15)7-9/h8-9H,3-7H2,1-2H3. The summed E-state index contributed by atoms with van der Waals surface area (Å²) >= 11 is 0. The van der Waals surface area contributed by atoms with Gasteiger partial charge in [-0.1, -0.05) is 13.8 Å². The second-order valence-corrected chi connectivity index (χ2v) is 6.66. The average molecular weight is 278 g/mol. The highest BCUT2D eigenvalue weighted by Crippen LogP contribution is 2.15. The molecule has 0 aromatic heterocycles. The maximum atomic E-state index is 11.3. The summed E-state index contributed by atoms with van der Waals surface area (Å²) in [7, 11) is -3.07. The Morgan fingerprint density at radius 1 is 1.39 bits per heavy atom. The van der Waals surface area contributed by atoms with E-state index in [1.165, 1.54) is 0 Å². The summed E-state index contributed by atoms with van der Waals surface area (Å²) < 4.78 is 32.0. The third-order valence-corrected chi connectivity index (χ3v) is 4.57. The summed E-state index contributed by atoms with van der Waals surface area (Å²) in [5.41, 5.74) is 0. The lowest BCUT2D eigenvalue weighted by Crippen LogP contribution is -2.25. The first-order chi connectivity index (χ1) is 8.34. The number of hydrogen-bond acceptors (Lipinski definition) is 6. The summed E-state index contributed by atoms with van der Waals surface area (Å²) in [5, 5.41) is 0. The number of sulfone groups is 1. The predicted octanol–water partition coefficient (Wildman–Crippen LogP) is 0.306. The Morgan fingerprint density at radius 2 is 2.06 bits per heavy atom. The molecule has 2 unspecified atom stereocenters. The molecule has 1 aliphatic rings. The Bertz CT molecular complexity index is 413. The van der Waals surface area contributed by atoms with Crippen molar-refractivity contribution in [2.24, 2.45) is 5.92 Å². The van der Waals surface area contributed by atoms with Crippen molar-refractivity contribution in [1.82, 2.24) is 0 Å². The Balaban J connectivity index is 2.29. The Morgan fingerprint density at radius 3 is 2.56 bits per heavy atom. The fraction of sp³-hybridized carbons (Fsp3) is 0.818. The molecule has 0 N–H and O–H groups in total. The summed E-state index contributed by atoms with van der Waals surface area (Å²) in [6, 6.07) is 0. The molecule has 0 amide bonds. The van der Waals surface area contributed by atoms with Gasteiger partial charge in [0, 0.05) is 0 Å². The van der Waals surface area contributed by atoms with E-state index in [0.29, 0.717) is 12.8 Å². The molecule has 0 aromatic rings. The first kappa shape index (κ1) is 14.9. The first-order valence-corrected chi connectivity index (χ1v) is 7.72. The lowest BCUT2D eigenvalue weighted by Gasteiger charge is -2.12. The molecule has 104 valence electrons. The summed E-state index contributed by atoms with van der Waals surface area (Å²) in [5.74, 6) is -1.51. The predicted molar refractivity (Wildman–Crippen MR) is 63.6 cm³/mol. The van der Waals surface area contributed by atoms with Crippen LogP contribution in [0.2, 0.25) is 0 Å². The smallest absolute Gasteiger partial charge is 0.344 e. The lowest BCUT2D eigenvalue weighted by atomic mass is 10.1. The van der Waals surface area contributed by atoms with Gasteiger partial charge in [-0.2, -0.15) is 0 Å². The largest absolute Gasteiger partial charge is 0.459 e. The van der Waals surface area contributed by atoms with Crippen LogP contribution < -0.4 is 0 Å². The van der Waals surface area contributed by atoms with E-state index in [9.17, 15) is 18.0 Å². The molecule has 0 spiro atoms. The second-order valence-electron chi connectivity index (χ2n) is 4.43. The molecule has 1 heterocycles. The Labute approximate surface area is 107 Å². The van der Waals surface area contributed by atoms with Crippen LogP contribution in [0.3, 0.4) is 0 Å². The van der Waals surface area contributed by atoms with E-state index in [1.807, 2.05) is 6.92 Å². The molecule has 0 bridgehead atoms. The molecule has 6 nitrogen and oxygen atoms in total. The van der Waals surface area contributed by atoms with Crippen molar-refractivity contribution in [1.29, 1.82) is 0 Å². The van der Waals surface area contributed by atoms with Gasteiger partial charge in [-0.3, -0.25) is 4.79 Å². The molecule has 1 aliphatic heterocycles. The summed E-state index contributed by atoms with van der Waals surface area (Å²) in [6.45, 7) is 3.09. The van der Waals surface area contributed by atoms with Gasteiger partial charge < -0.3 is 9.47 Å². The highest BCUT2D eigenvalue weighted by molar-refractivity contribution is 7.91. The first-order valence-electron chi connectivity index (χ1n) is 5.90. The molecule has 1 fully saturated rings. The van der Waals surface area contributed by atoms with E-state index in [2.05, 4.69) is 0 Å². The van der Waals surface area contributed by atoms with Crippen LogP contribution in [0, 0.1) is 5.92 Å². The molecule has 0 aliphatic carbocycles. The highest BCUT2D eigenvalue weighted by Gasteiger charge is 2.30. The molecule has 18 heavy (non-hydrogen) atoms. The minimum atomic E-state index is -3.07. The summed E-state index contributed by atoms with van der Waals surface area (Å²) in [6.07, 6.45) is 0.340. The zero-order chi connectivity index (χ0) is 13.8. The van der Waals surface area contributed by atoms with Crippen molar-refractivity contribution < 1.29 is 27.5 Å². The fourth-order valence-corrected chi connectivity index (χ4v) is 3.10. The van der Waals surface area contributed by atoms with E-state index in [1.54, 1.807) is 6.92 Å². The van der Waals surface area contributed by atoms with E-state index >= 15 is 0 Å². The van der Waals surface area contributed by atoms with Gasteiger partial charge in [-0.15, -0.1) is 0 Å². The molecule has 1 saturated heterocycles. The summed E-state index contributed by atoms with van der Waals surface area (Å²) in [4.78, 5) is 22.6. The third kappa shape index (κ3) is 4.64. The van der Waals surface area contributed by atoms with Gasteiger partial charge in [0.2, 0.25) is 0 Å². The second kappa shape index (κ2) is 6.17. The van der Waals surface area contributed by atoms with Crippen molar-refractivity contribution >= 4 is 21.8 Å². The van der Waals surface area contributed by atoms with Crippen molar-refractivity contribution in [2.45, 2.75) is 32.8 Å². The van der Waals surface area contributed by atoms with Gasteiger partial charge in [0.25, 0.3) is 0 Å². The lowest BCUT2D eigenvalue weighted by molar-refractivity contribution is -0.163. The van der Waals surface area contributed by atoms with Crippen LogP contribution in [0.4, 0.5) is 0 Å². The topological polar surface area (TPSA) is 86.7 Å². The van der Waals surface area contributed by atoms with Crippen LogP contribution in [0.25, 0.3) is 0 Å². The minimum Gasteiger partial charge on any atom is -0.459 e. The number of esters is 2.